The standard InChI is InChI=1S/C22H31N7O3/c1-22(2,3)32-21(30)27-29(13-15-8-4-5-9-15)20-18-19(25-16(12-23)26-20)28(14-24-18)17-10-6-7-11-31-17/h14-15,17H,4-11,13H2,1-3H3,(H,27,30). The van der Waals surface area contributed by atoms with Crippen LogP contribution in [0.15, 0.2) is 6.33 Å². The second kappa shape index (κ2) is 9.28. The van der Waals surface area contributed by atoms with Crippen LogP contribution in [0.5, 0.6) is 0 Å². The first-order chi connectivity index (χ1) is 15.3. The molecule has 1 saturated carbocycles. The van der Waals surface area contributed by atoms with Gasteiger partial charge in [0.2, 0.25) is 5.82 Å². The number of hydrogen-bond donors (Lipinski definition) is 1. The van der Waals surface area contributed by atoms with Gasteiger partial charge >= 0.3 is 6.09 Å². The number of nitriles is 1. The van der Waals surface area contributed by atoms with Gasteiger partial charge in [-0.2, -0.15) is 15.2 Å². The molecule has 0 radical (unpaired) electrons. The van der Waals surface area contributed by atoms with Crippen molar-refractivity contribution in [1.29, 1.82) is 5.26 Å². The number of nitrogens with one attached hydrogen (secondary N) is 1. The molecule has 1 N–H and O–H groups in total. The van der Waals surface area contributed by atoms with Crippen LogP contribution in [0.3, 0.4) is 0 Å². The molecule has 1 amide bonds. The highest BCUT2D eigenvalue weighted by molar-refractivity contribution is 5.85. The fourth-order valence-corrected chi connectivity index (χ4v) is 4.34. The maximum Gasteiger partial charge on any atom is 0.426 e. The molecule has 1 unspecified atom stereocenters. The Labute approximate surface area is 187 Å². The van der Waals surface area contributed by atoms with Crippen LogP contribution < -0.4 is 10.4 Å². The quantitative estimate of drug-likeness (QED) is 0.696. The van der Waals surface area contributed by atoms with Crippen molar-refractivity contribution in [1.82, 2.24) is 24.9 Å². The number of imidazole rings is 1. The van der Waals surface area contributed by atoms with Crippen LogP contribution >= 0.6 is 0 Å². The molecule has 32 heavy (non-hydrogen) atoms. The van der Waals surface area contributed by atoms with Crippen LogP contribution in [0.2, 0.25) is 0 Å². The van der Waals surface area contributed by atoms with Crippen LogP contribution in [0.1, 0.15) is 77.8 Å². The van der Waals surface area contributed by atoms with E-state index in [0.717, 1.165) is 32.1 Å². The molecule has 1 aliphatic carbocycles. The molecule has 1 aliphatic heterocycles. The maximum atomic E-state index is 12.6. The zero-order valence-electron chi connectivity index (χ0n) is 19.0. The van der Waals surface area contributed by atoms with E-state index in [9.17, 15) is 10.1 Å². The minimum atomic E-state index is -0.637. The summed E-state index contributed by atoms with van der Waals surface area (Å²) in [5.41, 5.74) is 3.25. The average molecular weight is 442 g/mol. The molecule has 2 aromatic heterocycles. The maximum absolute atomic E-state index is 12.6. The number of fused-ring (bicyclic) bond motifs is 1. The van der Waals surface area contributed by atoms with E-state index in [-0.39, 0.29) is 12.1 Å². The van der Waals surface area contributed by atoms with Crippen LogP contribution in [-0.4, -0.2) is 44.4 Å². The van der Waals surface area contributed by atoms with Gasteiger partial charge in [-0.15, -0.1) is 0 Å². The van der Waals surface area contributed by atoms with Gasteiger partial charge in [-0.25, -0.2) is 15.2 Å². The zero-order valence-corrected chi connectivity index (χ0v) is 19.0. The predicted molar refractivity (Wildman–Crippen MR) is 118 cm³/mol. The van der Waals surface area contributed by atoms with E-state index >= 15 is 0 Å². The number of carbonyl (C=O) groups excluding carboxylic acids is 1. The smallest absolute Gasteiger partial charge is 0.426 e. The molecule has 1 atom stereocenters. The van der Waals surface area contributed by atoms with E-state index in [1.807, 2.05) is 31.4 Å². The normalized spacial score (nSPS) is 19.6. The lowest BCUT2D eigenvalue weighted by atomic mass is 10.1. The van der Waals surface area contributed by atoms with Crippen LogP contribution in [-0.2, 0) is 9.47 Å². The third-order valence-corrected chi connectivity index (χ3v) is 5.77. The first-order valence-corrected chi connectivity index (χ1v) is 11.4. The van der Waals surface area contributed by atoms with E-state index < -0.39 is 11.7 Å². The summed E-state index contributed by atoms with van der Waals surface area (Å²) in [4.78, 5) is 26.0. The van der Waals surface area contributed by atoms with Gasteiger partial charge in [0, 0.05) is 13.2 Å². The summed E-state index contributed by atoms with van der Waals surface area (Å²) in [6.45, 7) is 6.69. The van der Waals surface area contributed by atoms with Crippen molar-refractivity contribution in [2.45, 2.75) is 77.5 Å². The first kappa shape index (κ1) is 22.3. The van der Waals surface area contributed by atoms with E-state index in [1.165, 1.54) is 12.8 Å². The van der Waals surface area contributed by atoms with Crippen molar-refractivity contribution in [2.24, 2.45) is 5.92 Å². The Kier molecular flexibility index (Phi) is 6.46. The fourth-order valence-electron chi connectivity index (χ4n) is 4.34. The molecule has 2 aliphatic rings. The molecular weight excluding hydrogens is 410 g/mol. The number of amides is 1. The molecule has 4 rings (SSSR count). The number of hydrogen-bond acceptors (Lipinski definition) is 8. The second-order valence-electron chi connectivity index (χ2n) is 9.50. The molecule has 0 aromatic carbocycles. The summed E-state index contributed by atoms with van der Waals surface area (Å²) in [6, 6.07) is 2.04. The number of nitrogens with zero attached hydrogens (tertiary/aromatic N) is 6. The van der Waals surface area contributed by atoms with E-state index in [1.54, 1.807) is 11.3 Å². The molecule has 0 spiro atoms. The number of anilines is 1. The predicted octanol–water partition coefficient (Wildman–Crippen LogP) is 3.83. The van der Waals surface area contributed by atoms with Gasteiger partial charge < -0.3 is 9.47 Å². The number of carbonyl (C=O) groups is 1. The summed E-state index contributed by atoms with van der Waals surface area (Å²) in [5.74, 6) is 0.829. The van der Waals surface area contributed by atoms with Crippen LogP contribution in [0.4, 0.5) is 10.6 Å². The molecule has 1 saturated heterocycles. The van der Waals surface area contributed by atoms with Crippen molar-refractivity contribution in [3.8, 4) is 6.07 Å². The Morgan fingerprint density at radius 3 is 2.69 bits per heavy atom. The number of ether oxygens (including phenoxy) is 2. The van der Waals surface area contributed by atoms with Crippen molar-refractivity contribution in [2.75, 3.05) is 18.2 Å². The SMILES string of the molecule is CC(C)(C)OC(=O)NN(CC1CCCC1)c1nc(C#N)nc2c1ncn2C1CCCCO1. The first-order valence-electron chi connectivity index (χ1n) is 11.4. The third-order valence-electron chi connectivity index (χ3n) is 5.77. The summed E-state index contributed by atoms with van der Waals surface area (Å²) in [5, 5.41) is 11.3. The lowest BCUT2D eigenvalue weighted by molar-refractivity contribution is -0.0298. The van der Waals surface area contributed by atoms with Crippen molar-refractivity contribution in [3.05, 3.63) is 12.2 Å². The summed E-state index contributed by atoms with van der Waals surface area (Å²) >= 11 is 0. The van der Waals surface area contributed by atoms with Gasteiger partial charge in [0.25, 0.3) is 0 Å². The van der Waals surface area contributed by atoms with E-state index in [2.05, 4.69) is 20.4 Å². The van der Waals surface area contributed by atoms with Gasteiger partial charge in [-0.3, -0.25) is 9.58 Å². The van der Waals surface area contributed by atoms with Gasteiger partial charge in [-0.1, -0.05) is 12.8 Å². The Bertz CT molecular complexity index is 995. The Morgan fingerprint density at radius 2 is 2.03 bits per heavy atom. The molecule has 10 heteroatoms. The number of hydrazine groups is 1. The van der Waals surface area contributed by atoms with Crippen LogP contribution in [0.25, 0.3) is 11.2 Å². The average Bonchev–Trinajstić information content (AvgIpc) is 3.41. The molecule has 0 bridgehead atoms. The summed E-state index contributed by atoms with van der Waals surface area (Å²) < 4.78 is 13.2. The molecule has 172 valence electrons. The molecular formula is C22H31N7O3. The van der Waals surface area contributed by atoms with Gasteiger partial charge in [-0.05, 0) is 58.8 Å². The second-order valence-corrected chi connectivity index (χ2v) is 9.50. The minimum Gasteiger partial charge on any atom is -0.443 e. The Morgan fingerprint density at radius 1 is 1.28 bits per heavy atom. The molecule has 10 nitrogen and oxygen atoms in total. The van der Waals surface area contributed by atoms with E-state index in [4.69, 9.17) is 9.47 Å². The van der Waals surface area contributed by atoms with Gasteiger partial charge in [0.1, 0.15) is 17.9 Å². The van der Waals surface area contributed by atoms with Gasteiger partial charge in [0.15, 0.2) is 17.0 Å². The van der Waals surface area contributed by atoms with Crippen LogP contribution in [0, 0.1) is 17.2 Å². The molecule has 2 aromatic rings. The monoisotopic (exact) mass is 441 g/mol. The fraction of sp³-hybridized carbons (Fsp3) is 0.682. The van der Waals surface area contributed by atoms with Crippen molar-refractivity contribution < 1.29 is 14.3 Å². The lowest BCUT2D eigenvalue weighted by Gasteiger charge is -2.29. The highest BCUT2D eigenvalue weighted by atomic mass is 16.6. The molecule has 2 fully saturated rings. The van der Waals surface area contributed by atoms with Gasteiger partial charge in [0.05, 0.1) is 6.33 Å². The largest absolute Gasteiger partial charge is 0.443 e. The highest BCUT2D eigenvalue weighted by Crippen LogP contribution is 2.31. The zero-order chi connectivity index (χ0) is 22.7. The minimum absolute atomic E-state index is 0.0208. The summed E-state index contributed by atoms with van der Waals surface area (Å²) in [6.07, 6.45) is 8.37. The summed E-state index contributed by atoms with van der Waals surface area (Å²) in [7, 11) is 0. The lowest BCUT2D eigenvalue weighted by Crippen LogP contribution is -2.47. The third kappa shape index (κ3) is 5.10. The molecule has 3 heterocycles. The number of aromatic nitrogens is 4. The number of rotatable bonds is 5. The topological polar surface area (TPSA) is 118 Å². The van der Waals surface area contributed by atoms with Crippen molar-refractivity contribution in [3.63, 3.8) is 0 Å². The van der Waals surface area contributed by atoms with E-state index in [0.29, 0.717) is 36.1 Å². The van der Waals surface area contributed by atoms with Crippen molar-refractivity contribution >= 4 is 23.1 Å². The highest BCUT2D eigenvalue weighted by Gasteiger charge is 2.28. The Balaban J connectivity index is 1.72. The Hall–Kier alpha value is -2.93.